The number of hydrogen-bond donors (Lipinski definition) is 1. The van der Waals surface area contributed by atoms with Gasteiger partial charge >= 0.3 is 0 Å². The highest BCUT2D eigenvalue weighted by atomic mass is 19.1. The van der Waals surface area contributed by atoms with Crippen molar-refractivity contribution in [3.63, 3.8) is 0 Å². The van der Waals surface area contributed by atoms with Crippen molar-refractivity contribution >= 4 is 5.91 Å². The first-order chi connectivity index (χ1) is 11.1. The Morgan fingerprint density at radius 2 is 2.13 bits per heavy atom. The number of carbonyl (C=O) groups excluding carboxylic acids is 1. The van der Waals surface area contributed by atoms with Crippen LogP contribution < -0.4 is 5.32 Å². The molecule has 2 unspecified atom stereocenters. The maximum atomic E-state index is 12.9. The van der Waals surface area contributed by atoms with Crippen LogP contribution in [0.1, 0.15) is 38.1 Å². The summed E-state index contributed by atoms with van der Waals surface area (Å²) >= 11 is 0. The minimum Gasteiger partial charge on any atom is -0.344 e. The van der Waals surface area contributed by atoms with E-state index in [2.05, 4.69) is 21.5 Å². The van der Waals surface area contributed by atoms with Crippen molar-refractivity contribution in [1.29, 1.82) is 0 Å². The van der Waals surface area contributed by atoms with Crippen molar-refractivity contribution in [3.05, 3.63) is 48.1 Å². The smallest absolute Gasteiger partial charge is 0.249 e. The van der Waals surface area contributed by atoms with E-state index in [0.29, 0.717) is 17.3 Å². The second-order valence-electron chi connectivity index (χ2n) is 5.67. The van der Waals surface area contributed by atoms with Crippen molar-refractivity contribution in [2.75, 3.05) is 0 Å². The highest BCUT2D eigenvalue weighted by molar-refractivity contribution is 5.79. The van der Waals surface area contributed by atoms with Gasteiger partial charge in [-0.15, -0.1) is 0 Å². The van der Waals surface area contributed by atoms with Crippen LogP contribution in [0.2, 0.25) is 0 Å². The number of hydrogen-bond acceptors (Lipinski definition) is 4. The second-order valence-corrected chi connectivity index (χ2v) is 5.67. The van der Waals surface area contributed by atoms with Crippen molar-refractivity contribution in [2.24, 2.45) is 5.92 Å². The van der Waals surface area contributed by atoms with E-state index in [9.17, 15) is 9.18 Å². The van der Waals surface area contributed by atoms with Crippen LogP contribution >= 0.6 is 0 Å². The third kappa shape index (κ3) is 3.64. The van der Waals surface area contributed by atoms with Gasteiger partial charge in [0.15, 0.2) is 0 Å². The summed E-state index contributed by atoms with van der Waals surface area (Å²) in [6, 6.07) is 5.49. The molecule has 0 saturated carbocycles. The Hall–Kier alpha value is -2.50. The Balaban J connectivity index is 1.66. The molecule has 1 aliphatic rings. The topological polar surface area (TPSA) is 68.0 Å². The fraction of sp³-hybridized carbons (Fsp3) is 0.353. The molecule has 3 rings (SSSR count). The number of allylic oxidation sites excluding steroid dienone is 2. The van der Waals surface area contributed by atoms with Crippen LogP contribution in [0.3, 0.4) is 0 Å². The number of halogens is 1. The summed E-state index contributed by atoms with van der Waals surface area (Å²) in [5, 5.41) is 6.80. The number of amides is 1. The maximum absolute atomic E-state index is 12.9. The summed E-state index contributed by atoms with van der Waals surface area (Å²) in [7, 11) is 0. The summed E-state index contributed by atoms with van der Waals surface area (Å²) in [6.07, 6.45) is 6.70. The molecule has 6 heteroatoms. The summed E-state index contributed by atoms with van der Waals surface area (Å²) in [6.45, 7) is 1.80. The number of rotatable bonds is 4. The normalized spacial score (nSPS) is 18.6. The minimum absolute atomic E-state index is 0.00180. The van der Waals surface area contributed by atoms with Crippen LogP contribution in [0, 0.1) is 11.7 Å². The van der Waals surface area contributed by atoms with E-state index in [1.54, 1.807) is 19.1 Å². The third-order valence-corrected chi connectivity index (χ3v) is 3.91. The highest BCUT2D eigenvalue weighted by Crippen LogP contribution is 2.21. The maximum Gasteiger partial charge on any atom is 0.249 e. The van der Waals surface area contributed by atoms with Gasteiger partial charge in [0.25, 0.3) is 0 Å². The Bertz CT molecular complexity index is 709. The summed E-state index contributed by atoms with van der Waals surface area (Å²) < 4.78 is 18.2. The molecule has 0 radical (unpaired) electrons. The lowest BCUT2D eigenvalue weighted by molar-refractivity contribution is -0.126. The van der Waals surface area contributed by atoms with Gasteiger partial charge in [-0.3, -0.25) is 4.79 Å². The fourth-order valence-electron chi connectivity index (χ4n) is 2.55. The molecular formula is C17H18FN3O2. The Morgan fingerprint density at radius 1 is 1.35 bits per heavy atom. The van der Waals surface area contributed by atoms with Gasteiger partial charge in [0.1, 0.15) is 11.9 Å². The quantitative estimate of drug-likeness (QED) is 0.878. The monoisotopic (exact) mass is 315 g/mol. The first-order valence-corrected chi connectivity index (χ1v) is 7.68. The van der Waals surface area contributed by atoms with Gasteiger partial charge in [0, 0.05) is 11.5 Å². The van der Waals surface area contributed by atoms with Gasteiger partial charge in [-0.25, -0.2) is 4.39 Å². The molecule has 2 aromatic rings. The lowest BCUT2D eigenvalue weighted by Crippen LogP contribution is -2.33. The van der Waals surface area contributed by atoms with E-state index >= 15 is 0 Å². The Kier molecular flexibility index (Phi) is 4.50. The Morgan fingerprint density at radius 3 is 2.83 bits per heavy atom. The summed E-state index contributed by atoms with van der Waals surface area (Å²) in [5.41, 5.74) is 0.664. The van der Waals surface area contributed by atoms with Crippen LogP contribution in [0.5, 0.6) is 0 Å². The lowest BCUT2D eigenvalue weighted by Gasteiger charge is -2.19. The third-order valence-electron chi connectivity index (χ3n) is 3.91. The molecule has 1 aromatic heterocycles. The molecule has 1 heterocycles. The molecule has 0 spiro atoms. The molecule has 2 atom stereocenters. The standard InChI is InChI=1S/C17H18FN3O2/c1-11(19-16(22)13-5-3-2-4-6-13)17-20-15(21-23-17)12-7-9-14(18)10-8-12/h2-3,7-11,13H,4-6H2,1H3,(H,19,22). The average Bonchev–Trinajstić information content (AvgIpc) is 3.06. The van der Waals surface area contributed by atoms with Crippen LogP contribution in [0.4, 0.5) is 4.39 Å². The molecule has 5 nitrogen and oxygen atoms in total. The van der Waals surface area contributed by atoms with Crippen LogP contribution in [0.15, 0.2) is 40.9 Å². The van der Waals surface area contributed by atoms with Crippen molar-refractivity contribution in [1.82, 2.24) is 15.5 Å². The number of carbonyl (C=O) groups is 1. The zero-order chi connectivity index (χ0) is 16.2. The highest BCUT2D eigenvalue weighted by Gasteiger charge is 2.23. The summed E-state index contributed by atoms with van der Waals surface area (Å²) in [5.74, 6) is 0.399. The first-order valence-electron chi connectivity index (χ1n) is 7.68. The van der Waals surface area contributed by atoms with E-state index in [1.165, 1.54) is 12.1 Å². The van der Waals surface area contributed by atoms with E-state index in [4.69, 9.17) is 4.52 Å². The molecule has 1 aromatic carbocycles. The molecule has 1 aliphatic carbocycles. The molecule has 1 amide bonds. The zero-order valence-corrected chi connectivity index (χ0v) is 12.8. The zero-order valence-electron chi connectivity index (χ0n) is 12.8. The average molecular weight is 315 g/mol. The van der Waals surface area contributed by atoms with Crippen LogP contribution in [0.25, 0.3) is 11.4 Å². The lowest BCUT2D eigenvalue weighted by atomic mass is 9.93. The van der Waals surface area contributed by atoms with E-state index in [1.807, 2.05) is 6.08 Å². The van der Waals surface area contributed by atoms with Gasteiger partial charge in [0.2, 0.25) is 17.6 Å². The minimum atomic E-state index is -0.366. The number of benzene rings is 1. The van der Waals surface area contributed by atoms with Gasteiger partial charge in [0.05, 0.1) is 0 Å². The number of nitrogens with zero attached hydrogens (tertiary/aromatic N) is 2. The van der Waals surface area contributed by atoms with Crippen molar-refractivity contribution in [3.8, 4) is 11.4 Å². The van der Waals surface area contributed by atoms with Gasteiger partial charge in [-0.05, 0) is 50.5 Å². The largest absolute Gasteiger partial charge is 0.344 e. The first kappa shape index (κ1) is 15.4. The molecule has 120 valence electrons. The fourth-order valence-corrected chi connectivity index (χ4v) is 2.55. The van der Waals surface area contributed by atoms with Crippen LogP contribution in [-0.2, 0) is 4.79 Å². The van der Waals surface area contributed by atoms with E-state index in [-0.39, 0.29) is 23.7 Å². The molecule has 0 fully saturated rings. The second kappa shape index (κ2) is 6.73. The molecule has 0 aliphatic heterocycles. The molecule has 23 heavy (non-hydrogen) atoms. The van der Waals surface area contributed by atoms with Crippen molar-refractivity contribution < 1.29 is 13.7 Å². The number of aromatic nitrogens is 2. The molecular weight excluding hydrogens is 297 g/mol. The SMILES string of the molecule is CC(NC(=O)C1CC=CCC1)c1nc(-c2ccc(F)cc2)no1. The van der Waals surface area contributed by atoms with E-state index in [0.717, 1.165) is 19.3 Å². The van der Waals surface area contributed by atoms with Crippen molar-refractivity contribution in [2.45, 2.75) is 32.2 Å². The van der Waals surface area contributed by atoms with Gasteiger partial charge < -0.3 is 9.84 Å². The molecule has 0 bridgehead atoms. The molecule has 1 N–H and O–H groups in total. The predicted molar refractivity (Wildman–Crippen MR) is 82.7 cm³/mol. The van der Waals surface area contributed by atoms with Gasteiger partial charge in [-0.1, -0.05) is 17.3 Å². The number of nitrogens with one attached hydrogen (secondary N) is 1. The summed E-state index contributed by atoms with van der Waals surface area (Å²) in [4.78, 5) is 16.5. The molecule has 0 saturated heterocycles. The Labute approximate surface area is 133 Å². The van der Waals surface area contributed by atoms with E-state index < -0.39 is 0 Å². The van der Waals surface area contributed by atoms with Gasteiger partial charge in [-0.2, -0.15) is 4.98 Å². The van der Waals surface area contributed by atoms with Crippen LogP contribution in [-0.4, -0.2) is 16.0 Å². The predicted octanol–water partition coefficient (Wildman–Crippen LogP) is 3.41.